The van der Waals surface area contributed by atoms with Crippen LogP contribution in [0.3, 0.4) is 0 Å². The molecule has 2 heteroatoms. The van der Waals surface area contributed by atoms with Crippen LogP contribution in [0.1, 0.15) is 57.1 Å². The van der Waals surface area contributed by atoms with E-state index in [0.717, 1.165) is 17.9 Å². The van der Waals surface area contributed by atoms with Gasteiger partial charge in [-0.2, -0.15) is 0 Å². The van der Waals surface area contributed by atoms with Crippen molar-refractivity contribution in [2.24, 2.45) is 0 Å². The quantitative estimate of drug-likeness (QED) is 0.818. The van der Waals surface area contributed by atoms with Gasteiger partial charge in [-0.25, -0.2) is 0 Å². The second-order valence-electron chi connectivity index (χ2n) is 4.53. The summed E-state index contributed by atoms with van der Waals surface area (Å²) in [6, 6.07) is 5.25. The number of hydrogen-bond acceptors (Lipinski definition) is 2. The molecule has 2 rings (SSSR count). The Bertz CT molecular complexity index is 299. The van der Waals surface area contributed by atoms with Crippen LogP contribution in [-0.2, 0) is 6.42 Å². The lowest BCUT2D eigenvalue weighted by Gasteiger charge is -2.17. The van der Waals surface area contributed by atoms with E-state index in [1.54, 1.807) is 0 Å². The van der Waals surface area contributed by atoms with E-state index in [-0.39, 0.29) is 0 Å². The Morgan fingerprint density at radius 1 is 1.40 bits per heavy atom. The van der Waals surface area contributed by atoms with Crippen LogP contribution >= 0.6 is 0 Å². The molecule has 15 heavy (non-hydrogen) atoms. The molecule has 0 aromatic carbocycles. The molecule has 0 spiro atoms. The smallest absolute Gasteiger partial charge is 0.120 e. The van der Waals surface area contributed by atoms with Crippen molar-refractivity contribution in [1.29, 1.82) is 0 Å². The number of aryl methyl sites for hydroxylation is 1. The monoisotopic (exact) mass is 207 g/mol. The molecule has 0 bridgehead atoms. The van der Waals surface area contributed by atoms with Crippen molar-refractivity contribution >= 4 is 0 Å². The SMILES string of the molecule is CCc1ccc(C(C)NC2CCCC2)o1. The summed E-state index contributed by atoms with van der Waals surface area (Å²) in [5.74, 6) is 2.17. The number of hydrogen-bond donors (Lipinski definition) is 1. The Balaban J connectivity index is 1.91. The molecular weight excluding hydrogens is 186 g/mol. The van der Waals surface area contributed by atoms with Gasteiger partial charge in [0, 0.05) is 12.5 Å². The average Bonchev–Trinajstić information content (AvgIpc) is 2.86. The Kier molecular flexibility index (Phi) is 3.47. The third-order valence-corrected chi connectivity index (χ3v) is 3.30. The van der Waals surface area contributed by atoms with Gasteiger partial charge in [0.15, 0.2) is 0 Å². The van der Waals surface area contributed by atoms with Crippen molar-refractivity contribution in [2.45, 2.75) is 58.0 Å². The zero-order valence-electron chi connectivity index (χ0n) is 9.75. The average molecular weight is 207 g/mol. The summed E-state index contributed by atoms with van der Waals surface area (Å²) in [5, 5.41) is 3.64. The molecule has 0 amide bonds. The second-order valence-corrected chi connectivity index (χ2v) is 4.53. The van der Waals surface area contributed by atoms with Gasteiger partial charge in [0.1, 0.15) is 11.5 Å². The summed E-state index contributed by atoms with van der Waals surface area (Å²) in [6.07, 6.45) is 6.39. The van der Waals surface area contributed by atoms with Gasteiger partial charge in [0.2, 0.25) is 0 Å². The standard InChI is InChI=1S/C13H21NO/c1-3-12-8-9-13(15-12)10(2)14-11-6-4-5-7-11/h8-11,14H,3-7H2,1-2H3. The molecule has 1 aromatic rings. The molecule has 1 heterocycles. The highest BCUT2D eigenvalue weighted by Gasteiger charge is 2.18. The first-order valence-corrected chi connectivity index (χ1v) is 6.14. The molecule has 2 nitrogen and oxygen atoms in total. The zero-order valence-corrected chi connectivity index (χ0v) is 9.75. The van der Waals surface area contributed by atoms with E-state index in [0.29, 0.717) is 12.1 Å². The third-order valence-electron chi connectivity index (χ3n) is 3.30. The van der Waals surface area contributed by atoms with E-state index < -0.39 is 0 Å². The minimum Gasteiger partial charge on any atom is -0.464 e. The minimum atomic E-state index is 0.355. The first kappa shape index (κ1) is 10.7. The van der Waals surface area contributed by atoms with Gasteiger partial charge < -0.3 is 9.73 Å². The van der Waals surface area contributed by atoms with Crippen molar-refractivity contribution < 1.29 is 4.42 Å². The first-order valence-electron chi connectivity index (χ1n) is 6.14. The van der Waals surface area contributed by atoms with E-state index in [1.807, 2.05) is 0 Å². The van der Waals surface area contributed by atoms with E-state index in [1.165, 1.54) is 25.7 Å². The van der Waals surface area contributed by atoms with Crippen LogP contribution in [-0.4, -0.2) is 6.04 Å². The highest BCUT2D eigenvalue weighted by atomic mass is 16.3. The molecule has 1 saturated carbocycles. The Hall–Kier alpha value is -0.760. The summed E-state index contributed by atoms with van der Waals surface area (Å²) in [6.45, 7) is 4.31. The van der Waals surface area contributed by atoms with E-state index >= 15 is 0 Å². The highest BCUT2D eigenvalue weighted by molar-refractivity contribution is 5.10. The number of furan rings is 1. The fraction of sp³-hybridized carbons (Fsp3) is 0.692. The first-order chi connectivity index (χ1) is 7.29. The van der Waals surface area contributed by atoms with Crippen LogP contribution in [0.15, 0.2) is 16.5 Å². The molecular formula is C13H21NO. The normalized spacial score (nSPS) is 19.6. The van der Waals surface area contributed by atoms with Gasteiger partial charge in [-0.1, -0.05) is 19.8 Å². The topological polar surface area (TPSA) is 25.2 Å². The third kappa shape index (κ3) is 2.63. The molecule has 1 fully saturated rings. The highest BCUT2D eigenvalue weighted by Crippen LogP contribution is 2.23. The van der Waals surface area contributed by atoms with Crippen molar-refractivity contribution in [1.82, 2.24) is 5.32 Å². The molecule has 84 valence electrons. The van der Waals surface area contributed by atoms with Crippen LogP contribution in [0.25, 0.3) is 0 Å². The second kappa shape index (κ2) is 4.84. The maximum Gasteiger partial charge on any atom is 0.120 e. The summed E-state index contributed by atoms with van der Waals surface area (Å²) in [4.78, 5) is 0. The lowest BCUT2D eigenvalue weighted by Crippen LogP contribution is -2.28. The van der Waals surface area contributed by atoms with Crippen LogP contribution < -0.4 is 5.32 Å². The molecule has 1 unspecified atom stereocenters. The van der Waals surface area contributed by atoms with Crippen molar-refractivity contribution in [3.05, 3.63) is 23.7 Å². The van der Waals surface area contributed by atoms with Gasteiger partial charge in [-0.15, -0.1) is 0 Å². The number of nitrogens with one attached hydrogen (secondary N) is 1. The maximum absolute atomic E-state index is 5.74. The molecule has 1 aliphatic rings. The Morgan fingerprint density at radius 2 is 2.13 bits per heavy atom. The minimum absolute atomic E-state index is 0.355. The van der Waals surface area contributed by atoms with E-state index in [9.17, 15) is 0 Å². The molecule has 0 saturated heterocycles. The number of rotatable bonds is 4. The van der Waals surface area contributed by atoms with Crippen LogP contribution in [0.2, 0.25) is 0 Å². The van der Waals surface area contributed by atoms with E-state index in [4.69, 9.17) is 4.42 Å². The summed E-state index contributed by atoms with van der Waals surface area (Å²) in [5.41, 5.74) is 0. The van der Waals surface area contributed by atoms with Gasteiger partial charge in [0.05, 0.1) is 6.04 Å². The summed E-state index contributed by atoms with van der Waals surface area (Å²) in [7, 11) is 0. The Labute approximate surface area is 92.1 Å². The lowest BCUT2D eigenvalue weighted by atomic mass is 10.2. The zero-order chi connectivity index (χ0) is 10.7. The molecule has 1 atom stereocenters. The van der Waals surface area contributed by atoms with Crippen molar-refractivity contribution in [3.63, 3.8) is 0 Å². The van der Waals surface area contributed by atoms with E-state index in [2.05, 4.69) is 31.3 Å². The van der Waals surface area contributed by atoms with Crippen LogP contribution in [0.5, 0.6) is 0 Å². The molecule has 1 N–H and O–H groups in total. The predicted octanol–water partition coefficient (Wildman–Crippen LogP) is 3.44. The van der Waals surface area contributed by atoms with Gasteiger partial charge in [-0.05, 0) is 31.9 Å². The fourth-order valence-electron chi connectivity index (χ4n) is 2.35. The molecule has 0 radical (unpaired) electrons. The lowest BCUT2D eigenvalue weighted by molar-refractivity contribution is 0.377. The Morgan fingerprint density at radius 3 is 2.73 bits per heavy atom. The summed E-state index contributed by atoms with van der Waals surface area (Å²) >= 11 is 0. The maximum atomic E-state index is 5.74. The van der Waals surface area contributed by atoms with Crippen molar-refractivity contribution in [2.75, 3.05) is 0 Å². The summed E-state index contributed by atoms with van der Waals surface area (Å²) < 4.78 is 5.74. The molecule has 1 aliphatic carbocycles. The fourth-order valence-corrected chi connectivity index (χ4v) is 2.35. The van der Waals surface area contributed by atoms with Crippen molar-refractivity contribution in [3.8, 4) is 0 Å². The van der Waals surface area contributed by atoms with Crippen LogP contribution in [0, 0.1) is 0 Å². The predicted molar refractivity (Wildman–Crippen MR) is 61.9 cm³/mol. The van der Waals surface area contributed by atoms with Gasteiger partial charge in [-0.3, -0.25) is 0 Å². The molecule has 1 aromatic heterocycles. The van der Waals surface area contributed by atoms with Crippen LogP contribution in [0.4, 0.5) is 0 Å². The molecule has 0 aliphatic heterocycles. The van der Waals surface area contributed by atoms with Gasteiger partial charge >= 0.3 is 0 Å². The van der Waals surface area contributed by atoms with Gasteiger partial charge in [0.25, 0.3) is 0 Å². The largest absolute Gasteiger partial charge is 0.464 e.